The zero-order chi connectivity index (χ0) is 12.7. The molecule has 0 atom stereocenters. The molecule has 0 spiro atoms. The predicted molar refractivity (Wildman–Crippen MR) is 78.2 cm³/mol. The van der Waals surface area contributed by atoms with Crippen LogP contribution >= 0.6 is 0 Å². The van der Waals surface area contributed by atoms with Crippen molar-refractivity contribution in [2.24, 2.45) is 0 Å². The molecule has 2 aromatic rings. The molecule has 0 unspecified atom stereocenters. The Morgan fingerprint density at radius 3 is 2.56 bits per heavy atom. The number of hydrogen-bond donors (Lipinski definition) is 0. The van der Waals surface area contributed by atoms with Crippen LogP contribution in [0.3, 0.4) is 0 Å². The van der Waals surface area contributed by atoms with E-state index in [0.717, 1.165) is 6.42 Å². The second kappa shape index (κ2) is 4.28. The third-order valence-corrected chi connectivity index (χ3v) is 4.33. The van der Waals surface area contributed by atoms with Gasteiger partial charge in [-0.05, 0) is 65.6 Å². The van der Waals surface area contributed by atoms with Crippen molar-refractivity contribution in [1.29, 1.82) is 0 Å². The van der Waals surface area contributed by atoms with E-state index in [1.165, 1.54) is 46.2 Å². The van der Waals surface area contributed by atoms with Crippen LogP contribution in [-0.2, 0) is 12.8 Å². The van der Waals surface area contributed by atoms with Gasteiger partial charge in [-0.1, -0.05) is 43.7 Å². The molecule has 0 aliphatic heterocycles. The standard InChI is InChI=1S/C18H20/c1-4-7-14-10-18-16-9-6-5-8-15(16)11-17(18)13(3)12(14)2/h5-6,8-10H,4,7,11H2,1-3H3. The summed E-state index contributed by atoms with van der Waals surface area (Å²) in [5.41, 5.74) is 10.5. The van der Waals surface area contributed by atoms with Crippen LogP contribution in [0.1, 0.15) is 41.2 Å². The number of fused-ring (bicyclic) bond motifs is 3. The molecule has 0 saturated heterocycles. The normalized spacial score (nSPS) is 12.4. The largest absolute Gasteiger partial charge is 0.0651 e. The highest BCUT2D eigenvalue weighted by Gasteiger charge is 2.21. The van der Waals surface area contributed by atoms with Crippen LogP contribution in [0.2, 0.25) is 0 Å². The van der Waals surface area contributed by atoms with Crippen LogP contribution in [0.25, 0.3) is 11.1 Å². The molecule has 0 aromatic heterocycles. The van der Waals surface area contributed by atoms with E-state index in [1.54, 1.807) is 5.56 Å². The van der Waals surface area contributed by atoms with Gasteiger partial charge in [0.15, 0.2) is 0 Å². The highest BCUT2D eigenvalue weighted by Crippen LogP contribution is 2.40. The lowest BCUT2D eigenvalue weighted by atomic mass is 9.91. The van der Waals surface area contributed by atoms with Gasteiger partial charge < -0.3 is 0 Å². The lowest BCUT2D eigenvalue weighted by molar-refractivity contribution is 0.908. The smallest absolute Gasteiger partial charge is 0.00107 e. The maximum atomic E-state index is 2.44. The van der Waals surface area contributed by atoms with Gasteiger partial charge in [-0.3, -0.25) is 0 Å². The summed E-state index contributed by atoms with van der Waals surface area (Å²) in [6.45, 7) is 6.83. The first-order chi connectivity index (χ1) is 8.72. The summed E-state index contributed by atoms with van der Waals surface area (Å²) < 4.78 is 0. The Bertz CT molecular complexity index is 606. The van der Waals surface area contributed by atoms with Crippen molar-refractivity contribution in [3.8, 4) is 11.1 Å². The van der Waals surface area contributed by atoms with Gasteiger partial charge in [0.1, 0.15) is 0 Å². The summed E-state index contributed by atoms with van der Waals surface area (Å²) in [5.74, 6) is 0. The van der Waals surface area contributed by atoms with E-state index in [-0.39, 0.29) is 0 Å². The minimum atomic E-state index is 1.12. The molecule has 1 aliphatic rings. The van der Waals surface area contributed by atoms with Crippen molar-refractivity contribution in [2.75, 3.05) is 0 Å². The van der Waals surface area contributed by atoms with Gasteiger partial charge in [0, 0.05) is 0 Å². The summed E-state index contributed by atoms with van der Waals surface area (Å²) in [4.78, 5) is 0. The third kappa shape index (κ3) is 1.59. The van der Waals surface area contributed by atoms with Gasteiger partial charge in [0.25, 0.3) is 0 Å². The molecule has 0 bridgehead atoms. The molecule has 1 aliphatic carbocycles. The Morgan fingerprint density at radius 1 is 1.00 bits per heavy atom. The zero-order valence-electron chi connectivity index (χ0n) is 11.5. The monoisotopic (exact) mass is 236 g/mol. The van der Waals surface area contributed by atoms with E-state index in [0.29, 0.717) is 0 Å². The van der Waals surface area contributed by atoms with Gasteiger partial charge in [0.2, 0.25) is 0 Å². The molecule has 0 saturated carbocycles. The van der Waals surface area contributed by atoms with Gasteiger partial charge in [-0.15, -0.1) is 0 Å². The summed E-state index contributed by atoms with van der Waals surface area (Å²) in [6, 6.07) is 11.3. The van der Waals surface area contributed by atoms with Gasteiger partial charge in [-0.2, -0.15) is 0 Å². The Morgan fingerprint density at radius 2 is 1.78 bits per heavy atom. The molecule has 92 valence electrons. The van der Waals surface area contributed by atoms with Crippen LogP contribution < -0.4 is 0 Å². The fourth-order valence-corrected chi connectivity index (χ4v) is 3.16. The molecule has 2 aromatic carbocycles. The maximum Gasteiger partial charge on any atom is -0.00107 e. The highest BCUT2D eigenvalue weighted by molar-refractivity contribution is 5.79. The van der Waals surface area contributed by atoms with Crippen LogP contribution in [0.4, 0.5) is 0 Å². The van der Waals surface area contributed by atoms with E-state index < -0.39 is 0 Å². The molecule has 0 radical (unpaired) electrons. The van der Waals surface area contributed by atoms with Crippen LogP contribution in [0.15, 0.2) is 30.3 Å². The van der Waals surface area contributed by atoms with E-state index in [4.69, 9.17) is 0 Å². The molecule has 0 heteroatoms. The second-order valence-electron chi connectivity index (χ2n) is 5.40. The Labute approximate surface area is 110 Å². The van der Waals surface area contributed by atoms with Crippen molar-refractivity contribution < 1.29 is 0 Å². The predicted octanol–water partition coefficient (Wildman–Crippen LogP) is 4.83. The SMILES string of the molecule is CCCc1cc2c(c(C)c1C)Cc1ccccc1-2. The molecule has 18 heavy (non-hydrogen) atoms. The fourth-order valence-electron chi connectivity index (χ4n) is 3.16. The van der Waals surface area contributed by atoms with Gasteiger partial charge in [-0.25, -0.2) is 0 Å². The van der Waals surface area contributed by atoms with E-state index in [1.807, 2.05) is 0 Å². The number of aryl methyl sites for hydroxylation is 1. The minimum absolute atomic E-state index is 1.12. The number of hydrogen-bond acceptors (Lipinski definition) is 0. The molecule has 3 rings (SSSR count). The lowest BCUT2D eigenvalue weighted by Gasteiger charge is -2.13. The average Bonchev–Trinajstić information content (AvgIpc) is 2.75. The van der Waals surface area contributed by atoms with Crippen molar-refractivity contribution in [3.63, 3.8) is 0 Å². The molecule has 0 N–H and O–H groups in total. The first kappa shape index (κ1) is 11.5. The highest BCUT2D eigenvalue weighted by atomic mass is 14.3. The van der Waals surface area contributed by atoms with E-state index in [2.05, 4.69) is 51.1 Å². The average molecular weight is 236 g/mol. The third-order valence-electron chi connectivity index (χ3n) is 4.33. The van der Waals surface area contributed by atoms with Crippen molar-refractivity contribution >= 4 is 0 Å². The van der Waals surface area contributed by atoms with Crippen molar-refractivity contribution in [3.05, 3.63) is 58.1 Å². The van der Waals surface area contributed by atoms with Gasteiger partial charge in [0.05, 0.1) is 0 Å². The molecular formula is C18H20. The maximum absolute atomic E-state index is 2.44. The summed E-state index contributed by atoms with van der Waals surface area (Å²) in [7, 11) is 0. The lowest BCUT2D eigenvalue weighted by Crippen LogP contribution is -1.97. The molecular weight excluding hydrogens is 216 g/mol. The number of rotatable bonds is 2. The summed E-state index contributed by atoms with van der Waals surface area (Å²) >= 11 is 0. The topological polar surface area (TPSA) is 0 Å². The van der Waals surface area contributed by atoms with E-state index >= 15 is 0 Å². The van der Waals surface area contributed by atoms with Crippen molar-refractivity contribution in [2.45, 2.75) is 40.0 Å². The van der Waals surface area contributed by atoms with Gasteiger partial charge >= 0.3 is 0 Å². The minimum Gasteiger partial charge on any atom is -0.0651 e. The molecule has 0 heterocycles. The zero-order valence-corrected chi connectivity index (χ0v) is 11.5. The first-order valence-corrected chi connectivity index (χ1v) is 6.92. The quantitative estimate of drug-likeness (QED) is 0.598. The number of benzene rings is 2. The molecule has 0 nitrogen and oxygen atoms in total. The van der Waals surface area contributed by atoms with Crippen LogP contribution in [0, 0.1) is 13.8 Å². The van der Waals surface area contributed by atoms with E-state index in [9.17, 15) is 0 Å². The van der Waals surface area contributed by atoms with Crippen molar-refractivity contribution in [1.82, 2.24) is 0 Å². The van der Waals surface area contributed by atoms with Crippen LogP contribution in [-0.4, -0.2) is 0 Å². The van der Waals surface area contributed by atoms with Crippen LogP contribution in [0.5, 0.6) is 0 Å². The second-order valence-corrected chi connectivity index (χ2v) is 5.40. The Hall–Kier alpha value is -1.56. The molecule has 0 fully saturated rings. The Kier molecular flexibility index (Phi) is 2.74. The fraction of sp³-hybridized carbons (Fsp3) is 0.333. The Balaban J connectivity index is 2.23. The summed E-state index contributed by atoms with van der Waals surface area (Å²) in [5, 5.41) is 0. The molecule has 0 amide bonds. The first-order valence-electron chi connectivity index (χ1n) is 6.92. The summed E-state index contributed by atoms with van der Waals surface area (Å²) in [6.07, 6.45) is 3.54.